The van der Waals surface area contributed by atoms with Gasteiger partial charge < -0.3 is 19.5 Å². The summed E-state index contributed by atoms with van der Waals surface area (Å²) in [5.74, 6) is -0.668. The number of likely N-dealkylation sites (N-methyl/N-ethyl adjacent to an activating group) is 1. The van der Waals surface area contributed by atoms with E-state index in [1.165, 1.54) is 18.3 Å². The number of nitrogens with zero attached hydrogens (tertiary/aromatic N) is 3. The van der Waals surface area contributed by atoms with Gasteiger partial charge in [0.2, 0.25) is 0 Å². The number of halogens is 4. The van der Waals surface area contributed by atoms with Crippen LogP contribution in [-0.2, 0) is 0 Å². The van der Waals surface area contributed by atoms with Crippen LogP contribution in [-0.4, -0.2) is 65.3 Å². The molecule has 1 aromatic carbocycles. The molecule has 5 rings (SSSR count). The maximum Gasteiger partial charge on any atom is 0.573 e. The standard InChI is InChI=1S/C26H28F4N4O2.C2H6.H2/c1-33-10-2-3-18(15-33)22-13-20-23(21(27)14-31-24(20)32-22)16-8-11-34(12-9-16)25(35)17-4-6-19(7-5-17)36-26(28,29)30;1-2;/h4-7,13-14,16,18H,2-3,8-12,15H2,1H3,(H,31,32);1-2H3;1H. The minimum Gasteiger partial charge on any atom is -0.406 e. The van der Waals surface area contributed by atoms with Gasteiger partial charge in [0.05, 0.1) is 6.20 Å². The Balaban J connectivity index is 0.00000137. The monoisotopic (exact) mass is 536 g/mol. The van der Waals surface area contributed by atoms with E-state index in [1.807, 2.05) is 19.9 Å². The lowest BCUT2D eigenvalue weighted by Crippen LogP contribution is -2.38. The number of aromatic nitrogens is 2. The molecule has 0 radical (unpaired) electrons. The average molecular weight is 537 g/mol. The van der Waals surface area contributed by atoms with Crippen molar-refractivity contribution in [2.75, 3.05) is 33.2 Å². The predicted octanol–water partition coefficient (Wildman–Crippen LogP) is 6.70. The number of H-pyrrole nitrogens is 1. The summed E-state index contributed by atoms with van der Waals surface area (Å²) in [7, 11) is 2.11. The Kier molecular flexibility index (Phi) is 8.60. The second-order valence-electron chi connectivity index (χ2n) is 9.75. The van der Waals surface area contributed by atoms with Crippen molar-refractivity contribution >= 4 is 16.9 Å². The van der Waals surface area contributed by atoms with Crippen LogP contribution in [0, 0.1) is 5.82 Å². The summed E-state index contributed by atoms with van der Waals surface area (Å²) >= 11 is 0. The first-order valence-electron chi connectivity index (χ1n) is 13.2. The summed E-state index contributed by atoms with van der Waals surface area (Å²) in [6.45, 7) is 6.89. The third kappa shape index (κ3) is 6.28. The quantitative estimate of drug-likeness (QED) is 0.377. The molecule has 208 valence electrons. The van der Waals surface area contributed by atoms with Gasteiger partial charge in [-0.15, -0.1) is 13.2 Å². The van der Waals surface area contributed by atoms with Crippen molar-refractivity contribution < 1.29 is 28.5 Å². The van der Waals surface area contributed by atoms with Crippen LogP contribution in [0.3, 0.4) is 0 Å². The van der Waals surface area contributed by atoms with E-state index in [0.717, 1.165) is 49.1 Å². The molecule has 2 fully saturated rings. The van der Waals surface area contributed by atoms with Gasteiger partial charge in [-0.2, -0.15) is 0 Å². The lowest BCUT2D eigenvalue weighted by molar-refractivity contribution is -0.274. The van der Waals surface area contributed by atoms with Gasteiger partial charge in [0.1, 0.15) is 17.2 Å². The van der Waals surface area contributed by atoms with E-state index in [0.29, 0.717) is 43.1 Å². The number of piperidine rings is 2. The first kappa shape index (κ1) is 27.9. The van der Waals surface area contributed by atoms with Crippen molar-refractivity contribution in [2.24, 2.45) is 0 Å². The van der Waals surface area contributed by atoms with E-state index in [-0.39, 0.29) is 30.4 Å². The molecular weight excluding hydrogens is 500 g/mol. The molecule has 3 aromatic rings. The van der Waals surface area contributed by atoms with E-state index < -0.39 is 6.36 Å². The molecule has 1 atom stereocenters. The second-order valence-corrected chi connectivity index (χ2v) is 9.75. The van der Waals surface area contributed by atoms with Gasteiger partial charge in [-0.3, -0.25) is 4.79 Å². The molecule has 2 aliphatic rings. The Morgan fingerprint density at radius 3 is 2.39 bits per heavy atom. The summed E-state index contributed by atoms with van der Waals surface area (Å²) < 4.78 is 56.0. The fourth-order valence-electron chi connectivity index (χ4n) is 5.50. The number of benzene rings is 1. The number of hydrogen-bond donors (Lipinski definition) is 1. The van der Waals surface area contributed by atoms with Crippen molar-refractivity contribution in [1.82, 2.24) is 19.8 Å². The van der Waals surface area contributed by atoms with Gasteiger partial charge in [-0.05, 0) is 75.5 Å². The molecule has 0 spiro atoms. The summed E-state index contributed by atoms with van der Waals surface area (Å²) in [5.41, 5.74) is 2.70. The number of alkyl halides is 3. The Morgan fingerprint density at radius 1 is 1.08 bits per heavy atom. The van der Waals surface area contributed by atoms with Crippen molar-refractivity contribution in [3.8, 4) is 5.75 Å². The molecule has 6 nitrogen and oxygen atoms in total. The number of rotatable bonds is 4. The molecule has 0 saturated carbocycles. The minimum absolute atomic E-state index is 0. The number of carbonyl (C=O) groups excluding carboxylic acids is 1. The average Bonchev–Trinajstić information content (AvgIpc) is 3.34. The third-order valence-electron chi connectivity index (χ3n) is 7.26. The highest BCUT2D eigenvalue weighted by molar-refractivity contribution is 5.94. The minimum atomic E-state index is -4.78. The number of fused-ring (bicyclic) bond motifs is 1. The van der Waals surface area contributed by atoms with Gasteiger partial charge in [0.15, 0.2) is 0 Å². The summed E-state index contributed by atoms with van der Waals surface area (Å²) in [4.78, 5) is 24.6. The first-order valence-corrected chi connectivity index (χ1v) is 13.2. The number of aromatic amines is 1. The number of hydrogen-bond acceptors (Lipinski definition) is 4. The molecule has 38 heavy (non-hydrogen) atoms. The Bertz CT molecular complexity index is 1240. The lowest BCUT2D eigenvalue weighted by atomic mass is 9.87. The first-order chi connectivity index (χ1) is 18.2. The molecule has 1 amide bonds. The van der Waals surface area contributed by atoms with E-state index in [9.17, 15) is 18.0 Å². The highest BCUT2D eigenvalue weighted by Gasteiger charge is 2.32. The number of nitrogens with one attached hydrogen (secondary N) is 1. The number of ether oxygens (including phenoxy) is 1. The fraction of sp³-hybridized carbons (Fsp3) is 0.500. The highest BCUT2D eigenvalue weighted by atomic mass is 19.4. The maximum absolute atomic E-state index is 15.0. The molecule has 2 aliphatic heterocycles. The van der Waals surface area contributed by atoms with Crippen LogP contribution in [0.2, 0.25) is 0 Å². The Morgan fingerprint density at radius 2 is 1.76 bits per heavy atom. The molecule has 1 unspecified atom stereocenters. The van der Waals surface area contributed by atoms with E-state index in [4.69, 9.17) is 0 Å². The molecule has 1 N–H and O–H groups in total. The third-order valence-corrected chi connectivity index (χ3v) is 7.26. The van der Waals surface area contributed by atoms with Gasteiger partial charge >= 0.3 is 6.36 Å². The number of carbonyl (C=O) groups is 1. The van der Waals surface area contributed by atoms with Crippen LogP contribution in [0.5, 0.6) is 5.75 Å². The van der Waals surface area contributed by atoms with Crippen molar-refractivity contribution in [1.29, 1.82) is 0 Å². The molecule has 4 heterocycles. The zero-order valence-corrected chi connectivity index (χ0v) is 21.9. The van der Waals surface area contributed by atoms with Crippen LogP contribution >= 0.6 is 0 Å². The Labute approximate surface area is 221 Å². The number of pyridine rings is 1. The van der Waals surface area contributed by atoms with E-state index in [2.05, 4.69) is 26.7 Å². The van der Waals surface area contributed by atoms with Crippen LogP contribution < -0.4 is 4.74 Å². The largest absolute Gasteiger partial charge is 0.573 e. The van der Waals surface area contributed by atoms with Crippen molar-refractivity contribution in [3.63, 3.8) is 0 Å². The molecule has 10 heteroatoms. The summed E-state index contributed by atoms with van der Waals surface area (Å²) in [6, 6.07) is 6.96. The van der Waals surface area contributed by atoms with Gasteiger partial charge in [0.25, 0.3) is 5.91 Å². The van der Waals surface area contributed by atoms with Crippen molar-refractivity contribution in [2.45, 2.75) is 57.7 Å². The van der Waals surface area contributed by atoms with Crippen LogP contribution in [0.1, 0.15) is 74.4 Å². The van der Waals surface area contributed by atoms with Gasteiger partial charge in [-0.1, -0.05) is 13.8 Å². The topological polar surface area (TPSA) is 61.5 Å². The van der Waals surface area contributed by atoms with Crippen LogP contribution in [0.15, 0.2) is 36.5 Å². The molecule has 2 saturated heterocycles. The normalized spacial score (nSPS) is 19.2. The maximum atomic E-state index is 15.0. The molecule has 0 bridgehead atoms. The highest BCUT2D eigenvalue weighted by Crippen LogP contribution is 2.37. The second kappa shape index (κ2) is 11.7. The van der Waals surface area contributed by atoms with Gasteiger partial charge in [-0.25, -0.2) is 9.37 Å². The van der Waals surface area contributed by atoms with E-state index in [1.54, 1.807) is 4.90 Å². The van der Waals surface area contributed by atoms with Crippen LogP contribution in [0.4, 0.5) is 17.6 Å². The van der Waals surface area contributed by atoms with E-state index >= 15 is 4.39 Å². The summed E-state index contributed by atoms with van der Waals surface area (Å²) in [6.07, 6.45) is -0.136. The molecule has 0 aliphatic carbocycles. The van der Waals surface area contributed by atoms with Crippen molar-refractivity contribution in [3.05, 3.63) is 59.2 Å². The summed E-state index contributed by atoms with van der Waals surface area (Å²) in [5, 5.41) is 0.809. The lowest BCUT2D eigenvalue weighted by Gasteiger charge is -2.32. The van der Waals surface area contributed by atoms with Crippen LogP contribution in [0.25, 0.3) is 11.0 Å². The fourth-order valence-corrected chi connectivity index (χ4v) is 5.50. The zero-order chi connectivity index (χ0) is 27.4. The SMILES string of the molecule is CC.CN1CCCC(c2cc3c(C4CCN(C(=O)c5ccc(OC(F)(F)F)cc5)CC4)c(F)cnc3[nH]2)C1.[HH]. The molecule has 2 aromatic heterocycles. The Hall–Kier alpha value is -3.14. The zero-order valence-electron chi connectivity index (χ0n) is 21.9. The van der Waals surface area contributed by atoms with Gasteiger partial charge in [0, 0.05) is 49.2 Å². The predicted molar refractivity (Wildman–Crippen MR) is 140 cm³/mol. The smallest absolute Gasteiger partial charge is 0.406 e. The number of likely N-dealkylation sites (tertiary alicyclic amines) is 2. The number of amides is 1. The molecular formula is C28H36F4N4O2.